The van der Waals surface area contributed by atoms with Gasteiger partial charge in [0.2, 0.25) is 5.88 Å². The monoisotopic (exact) mass is 689 g/mol. The van der Waals surface area contributed by atoms with E-state index in [0.29, 0.717) is 6.07 Å². The molecule has 5 rings (SSSR count). The number of carbonyl (C=O) groups is 2. The third-order valence-electron chi connectivity index (χ3n) is 6.44. The first kappa shape index (κ1) is 34.2. The summed E-state index contributed by atoms with van der Waals surface area (Å²) >= 11 is 0. The van der Waals surface area contributed by atoms with Crippen LogP contribution in [-0.4, -0.2) is 63.2 Å². The number of alkyl halides is 4. The number of ether oxygens (including phenoxy) is 3. The number of aromatic nitrogens is 3. The number of fused-ring (bicyclic) bond motifs is 1. The molecule has 0 unspecified atom stereocenters. The lowest BCUT2D eigenvalue weighted by atomic mass is 10.0. The second-order valence-corrected chi connectivity index (χ2v) is 9.88. The van der Waals surface area contributed by atoms with Crippen LogP contribution in [-0.2, 0) is 0 Å². The summed E-state index contributed by atoms with van der Waals surface area (Å²) in [4.78, 5) is 36.4. The van der Waals surface area contributed by atoms with Gasteiger partial charge < -0.3 is 24.6 Å². The molecule has 3 aromatic carbocycles. The summed E-state index contributed by atoms with van der Waals surface area (Å²) < 4.78 is 94.0. The molecule has 4 N–H and O–H groups in total. The van der Waals surface area contributed by atoms with Gasteiger partial charge in [-0.2, -0.15) is 4.98 Å². The average Bonchev–Trinajstić information content (AvgIpc) is 3.05. The molecule has 0 saturated carbocycles. The molecule has 18 heteroatoms. The standard InChI is InChI=1S/C31H21F6N5O7/c32-16-6-17(33)8-20(7-16)49-19-4-15(30(44)45)3-18(9-19)40-27-21-2-1-14(5-24(21)38-11-23(27)28(43)42-46)22-10-39-31(48-13-26(36)37)41-29(22)47-12-25(34)35/h1-11,25-26,46H,12-13H2,(H,38,40)(H,42,43)(H,44,45). The molecule has 12 nitrogen and oxygen atoms in total. The predicted molar refractivity (Wildman–Crippen MR) is 158 cm³/mol. The minimum absolute atomic E-state index is 0.00504. The number of aromatic carboxylic acids is 1. The van der Waals surface area contributed by atoms with Crippen molar-refractivity contribution >= 4 is 34.2 Å². The quantitative estimate of drug-likeness (QED) is 0.0597. The Hall–Kier alpha value is -6.17. The molecule has 0 saturated heterocycles. The van der Waals surface area contributed by atoms with Crippen LogP contribution in [0.2, 0.25) is 0 Å². The maximum Gasteiger partial charge on any atom is 0.335 e. The van der Waals surface area contributed by atoms with Crippen molar-refractivity contribution < 1.29 is 60.5 Å². The first-order valence-electron chi connectivity index (χ1n) is 13.8. The molecule has 2 aromatic heterocycles. The molecule has 49 heavy (non-hydrogen) atoms. The number of halogens is 6. The second-order valence-electron chi connectivity index (χ2n) is 9.88. The topological polar surface area (TPSA) is 165 Å². The predicted octanol–water partition coefficient (Wildman–Crippen LogP) is 6.61. The fourth-order valence-electron chi connectivity index (χ4n) is 4.46. The van der Waals surface area contributed by atoms with Gasteiger partial charge in [-0.05, 0) is 23.8 Å². The van der Waals surface area contributed by atoms with Crippen molar-refractivity contribution in [2.45, 2.75) is 12.9 Å². The van der Waals surface area contributed by atoms with Crippen LogP contribution >= 0.6 is 0 Å². The van der Waals surface area contributed by atoms with Crippen LogP contribution in [0.1, 0.15) is 20.7 Å². The van der Waals surface area contributed by atoms with Gasteiger partial charge in [0.05, 0.1) is 27.9 Å². The molecule has 0 spiro atoms. The SMILES string of the molecule is O=C(O)c1cc(Nc2c(C(=O)NO)cnc3cc(-c4cnc(OCC(F)F)nc4OCC(F)F)ccc23)cc(Oc2cc(F)cc(F)c2)c1. The molecule has 0 aliphatic heterocycles. The highest BCUT2D eigenvalue weighted by Gasteiger charge is 2.20. The normalized spacial score (nSPS) is 11.1. The van der Waals surface area contributed by atoms with Crippen LogP contribution in [0.25, 0.3) is 22.0 Å². The van der Waals surface area contributed by atoms with Crippen molar-refractivity contribution in [2.75, 3.05) is 18.5 Å². The van der Waals surface area contributed by atoms with Gasteiger partial charge in [0.25, 0.3) is 18.8 Å². The van der Waals surface area contributed by atoms with E-state index in [-0.39, 0.29) is 56.0 Å². The van der Waals surface area contributed by atoms with Gasteiger partial charge in [0.1, 0.15) is 23.1 Å². The number of hydrogen-bond donors (Lipinski definition) is 4. The van der Waals surface area contributed by atoms with Crippen LogP contribution in [0.5, 0.6) is 23.4 Å². The van der Waals surface area contributed by atoms with E-state index in [0.717, 1.165) is 30.6 Å². The summed E-state index contributed by atoms with van der Waals surface area (Å²) in [6.07, 6.45) is -3.59. The zero-order valence-electron chi connectivity index (χ0n) is 24.5. The number of rotatable bonds is 13. The minimum Gasteiger partial charge on any atom is -0.478 e. The van der Waals surface area contributed by atoms with Crippen molar-refractivity contribution in [3.63, 3.8) is 0 Å². The molecule has 0 aliphatic carbocycles. The Balaban J connectivity index is 1.57. The molecule has 0 fully saturated rings. The van der Waals surface area contributed by atoms with Crippen LogP contribution < -0.4 is 25.0 Å². The highest BCUT2D eigenvalue weighted by molar-refractivity contribution is 6.08. The van der Waals surface area contributed by atoms with E-state index < -0.39 is 61.5 Å². The summed E-state index contributed by atoms with van der Waals surface area (Å²) in [5.74, 6) is -5.14. The Bertz CT molecular complexity index is 2020. The summed E-state index contributed by atoms with van der Waals surface area (Å²) in [7, 11) is 0. The maximum absolute atomic E-state index is 13.7. The fraction of sp³-hybridized carbons (Fsp3) is 0.129. The Morgan fingerprint density at radius 2 is 1.53 bits per heavy atom. The van der Waals surface area contributed by atoms with Crippen LogP contribution in [0.15, 0.2) is 67.0 Å². The van der Waals surface area contributed by atoms with E-state index >= 15 is 0 Å². The molecular weight excluding hydrogens is 668 g/mol. The van der Waals surface area contributed by atoms with Gasteiger partial charge in [-0.3, -0.25) is 15.0 Å². The number of carboxylic acid groups (broad SMARTS) is 1. The van der Waals surface area contributed by atoms with Crippen molar-refractivity contribution in [2.24, 2.45) is 0 Å². The Kier molecular flexibility index (Phi) is 10.3. The van der Waals surface area contributed by atoms with E-state index in [4.69, 9.17) is 14.2 Å². The highest BCUT2D eigenvalue weighted by atomic mass is 19.3. The molecular formula is C31H21F6N5O7. The maximum atomic E-state index is 13.7. The smallest absolute Gasteiger partial charge is 0.335 e. The number of nitrogens with one attached hydrogen (secondary N) is 2. The molecule has 0 radical (unpaired) electrons. The van der Waals surface area contributed by atoms with Crippen molar-refractivity contribution in [1.82, 2.24) is 20.4 Å². The number of amides is 1. The van der Waals surface area contributed by atoms with Gasteiger partial charge in [-0.15, -0.1) is 0 Å². The second kappa shape index (κ2) is 14.7. The lowest BCUT2D eigenvalue weighted by Crippen LogP contribution is -2.20. The Morgan fingerprint density at radius 1 is 0.837 bits per heavy atom. The summed E-state index contributed by atoms with van der Waals surface area (Å²) in [5, 5.41) is 22.2. The highest BCUT2D eigenvalue weighted by Crippen LogP contribution is 2.36. The van der Waals surface area contributed by atoms with Crippen LogP contribution in [0, 0.1) is 11.6 Å². The lowest BCUT2D eigenvalue weighted by Gasteiger charge is -2.17. The van der Waals surface area contributed by atoms with E-state index in [1.165, 1.54) is 35.8 Å². The number of anilines is 2. The number of hydrogen-bond acceptors (Lipinski definition) is 10. The number of carbonyl (C=O) groups excluding carboxylic acids is 1. The number of nitrogens with zero attached hydrogens (tertiary/aromatic N) is 3. The first-order valence-corrected chi connectivity index (χ1v) is 13.8. The van der Waals surface area contributed by atoms with E-state index in [1.54, 1.807) is 0 Å². The molecule has 0 aliphatic rings. The summed E-state index contributed by atoms with van der Waals surface area (Å²) in [6, 6.07) is 9.65. The van der Waals surface area contributed by atoms with Crippen molar-refractivity contribution in [1.29, 1.82) is 0 Å². The van der Waals surface area contributed by atoms with Crippen LogP contribution in [0.4, 0.5) is 37.7 Å². The third kappa shape index (κ3) is 8.41. The summed E-state index contributed by atoms with van der Waals surface area (Å²) in [6.45, 7) is -2.15. The van der Waals surface area contributed by atoms with Crippen LogP contribution in [0.3, 0.4) is 0 Å². The number of hydroxylamine groups is 1. The van der Waals surface area contributed by atoms with Crippen molar-refractivity contribution in [3.8, 4) is 34.5 Å². The number of carboxylic acids is 1. The molecule has 0 atom stereocenters. The fourth-order valence-corrected chi connectivity index (χ4v) is 4.46. The molecule has 1 amide bonds. The Labute approximate surface area is 270 Å². The Morgan fingerprint density at radius 3 is 2.20 bits per heavy atom. The van der Waals surface area contributed by atoms with Gasteiger partial charge >= 0.3 is 12.0 Å². The molecule has 2 heterocycles. The minimum atomic E-state index is -2.91. The third-order valence-corrected chi connectivity index (χ3v) is 6.44. The van der Waals surface area contributed by atoms with E-state index in [1.807, 2.05) is 0 Å². The zero-order chi connectivity index (χ0) is 35.2. The van der Waals surface area contributed by atoms with Crippen molar-refractivity contribution in [3.05, 3.63) is 89.8 Å². The zero-order valence-corrected chi connectivity index (χ0v) is 24.5. The number of pyridine rings is 1. The first-order chi connectivity index (χ1) is 23.4. The van der Waals surface area contributed by atoms with Gasteiger partial charge in [-0.25, -0.2) is 41.6 Å². The lowest BCUT2D eigenvalue weighted by molar-refractivity contribution is 0.0692. The summed E-state index contributed by atoms with van der Waals surface area (Å²) in [5.41, 5.74) is 1.42. The van der Waals surface area contributed by atoms with Gasteiger partial charge in [-0.1, -0.05) is 12.1 Å². The number of benzene rings is 3. The van der Waals surface area contributed by atoms with Gasteiger partial charge in [0.15, 0.2) is 13.2 Å². The molecule has 254 valence electrons. The average molecular weight is 690 g/mol. The molecule has 5 aromatic rings. The largest absolute Gasteiger partial charge is 0.478 e. The van der Waals surface area contributed by atoms with E-state index in [2.05, 4.69) is 20.3 Å². The molecule has 0 bridgehead atoms. The van der Waals surface area contributed by atoms with E-state index in [9.17, 15) is 46.2 Å². The van der Waals surface area contributed by atoms with Gasteiger partial charge in [0, 0.05) is 47.7 Å².